The zero-order chi connectivity index (χ0) is 13.1. The summed E-state index contributed by atoms with van der Waals surface area (Å²) in [7, 11) is 0. The molecule has 0 aliphatic rings. The Bertz CT molecular complexity index is 561. The molecule has 0 amide bonds. The van der Waals surface area contributed by atoms with Crippen LogP contribution in [0.25, 0.3) is 0 Å². The lowest BCUT2D eigenvalue weighted by Gasteiger charge is -2.05. The van der Waals surface area contributed by atoms with Crippen molar-refractivity contribution < 1.29 is 13.6 Å². The van der Waals surface area contributed by atoms with Crippen LogP contribution in [0.15, 0.2) is 29.6 Å². The van der Waals surface area contributed by atoms with Crippen LogP contribution in [0.5, 0.6) is 0 Å². The van der Waals surface area contributed by atoms with E-state index in [0.717, 1.165) is 10.9 Å². The van der Waals surface area contributed by atoms with Crippen molar-refractivity contribution in [3.05, 3.63) is 57.3 Å². The third-order valence-electron chi connectivity index (χ3n) is 2.74. The highest BCUT2D eigenvalue weighted by molar-refractivity contribution is 7.09. The van der Waals surface area contributed by atoms with Gasteiger partial charge in [0.25, 0.3) is 0 Å². The van der Waals surface area contributed by atoms with Gasteiger partial charge in [0.1, 0.15) is 11.6 Å². The van der Waals surface area contributed by atoms with Crippen LogP contribution >= 0.6 is 11.3 Å². The third-order valence-corrected chi connectivity index (χ3v) is 3.68. The van der Waals surface area contributed by atoms with Gasteiger partial charge in [-0.1, -0.05) is 12.1 Å². The summed E-state index contributed by atoms with van der Waals surface area (Å²) in [5.74, 6) is -2.01. The van der Waals surface area contributed by atoms with E-state index in [1.54, 1.807) is 0 Å². The number of hydrogen-bond donors (Lipinski definition) is 0. The van der Waals surface area contributed by atoms with Gasteiger partial charge in [-0.3, -0.25) is 4.79 Å². The number of thiophene rings is 1. The second-order valence-electron chi connectivity index (χ2n) is 4.06. The summed E-state index contributed by atoms with van der Waals surface area (Å²) in [6, 6.07) is 6.26. The topological polar surface area (TPSA) is 17.1 Å². The Hall–Kier alpha value is -1.55. The Labute approximate surface area is 108 Å². The van der Waals surface area contributed by atoms with Crippen LogP contribution < -0.4 is 0 Å². The van der Waals surface area contributed by atoms with Crippen molar-refractivity contribution in [2.24, 2.45) is 0 Å². The fourth-order valence-corrected chi connectivity index (χ4v) is 2.44. The van der Waals surface area contributed by atoms with Gasteiger partial charge in [0.15, 0.2) is 5.78 Å². The first-order chi connectivity index (χ1) is 8.59. The number of carbonyl (C=O) groups excluding carboxylic acids is 1. The highest BCUT2D eigenvalue weighted by Crippen LogP contribution is 2.20. The van der Waals surface area contributed by atoms with E-state index in [2.05, 4.69) is 0 Å². The Kier molecular flexibility index (Phi) is 3.87. The molecular weight excluding hydrogens is 254 g/mol. The summed E-state index contributed by atoms with van der Waals surface area (Å²) in [6.45, 7) is 1.52. The first-order valence-corrected chi connectivity index (χ1v) is 6.47. The van der Waals surface area contributed by atoms with E-state index < -0.39 is 23.0 Å². The molecular formula is C14H12F2OS. The van der Waals surface area contributed by atoms with Gasteiger partial charge >= 0.3 is 0 Å². The SMILES string of the molecule is Cc1ccc(F)c(C(=O)CCc2cccs2)c1F. The molecule has 1 heterocycles. The number of hydrogen-bond acceptors (Lipinski definition) is 2. The van der Waals surface area contributed by atoms with Gasteiger partial charge in [0, 0.05) is 11.3 Å². The lowest BCUT2D eigenvalue weighted by Crippen LogP contribution is -2.08. The number of halogens is 2. The molecule has 0 saturated carbocycles. The zero-order valence-corrected chi connectivity index (χ0v) is 10.7. The number of ketones is 1. The number of benzene rings is 1. The van der Waals surface area contributed by atoms with E-state index in [1.807, 2.05) is 17.5 Å². The minimum absolute atomic E-state index is 0.123. The van der Waals surface area contributed by atoms with Gasteiger partial charge < -0.3 is 0 Å². The smallest absolute Gasteiger partial charge is 0.169 e. The van der Waals surface area contributed by atoms with Crippen LogP contribution in [0.3, 0.4) is 0 Å². The zero-order valence-electron chi connectivity index (χ0n) is 9.87. The minimum Gasteiger partial charge on any atom is -0.294 e. The van der Waals surface area contributed by atoms with Crippen LogP contribution in [0.4, 0.5) is 8.78 Å². The molecule has 4 heteroatoms. The third kappa shape index (κ3) is 2.64. The number of carbonyl (C=O) groups is 1. The van der Waals surface area contributed by atoms with E-state index in [4.69, 9.17) is 0 Å². The van der Waals surface area contributed by atoms with Crippen LogP contribution in [0.1, 0.15) is 27.2 Å². The van der Waals surface area contributed by atoms with Crippen LogP contribution in [-0.4, -0.2) is 5.78 Å². The van der Waals surface area contributed by atoms with E-state index in [-0.39, 0.29) is 12.0 Å². The second kappa shape index (κ2) is 5.40. The molecule has 18 heavy (non-hydrogen) atoms. The fraction of sp³-hybridized carbons (Fsp3) is 0.214. The Morgan fingerprint density at radius 3 is 2.72 bits per heavy atom. The van der Waals surface area contributed by atoms with Crippen molar-refractivity contribution in [2.75, 3.05) is 0 Å². The molecule has 2 rings (SSSR count). The van der Waals surface area contributed by atoms with E-state index >= 15 is 0 Å². The van der Waals surface area contributed by atoms with Crippen molar-refractivity contribution in [2.45, 2.75) is 19.8 Å². The first-order valence-electron chi connectivity index (χ1n) is 5.60. The summed E-state index contributed by atoms with van der Waals surface area (Å²) < 4.78 is 27.2. The molecule has 0 bridgehead atoms. The first kappa shape index (κ1) is 12.9. The van der Waals surface area contributed by atoms with E-state index in [0.29, 0.717) is 6.42 Å². The lowest BCUT2D eigenvalue weighted by molar-refractivity contribution is 0.0974. The summed E-state index contributed by atoms with van der Waals surface area (Å²) in [6.07, 6.45) is 0.640. The Morgan fingerprint density at radius 2 is 2.06 bits per heavy atom. The van der Waals surface area contributed by atoms with Gasteiger partial charge in [-0.05, 0) is 36.4 Å². The van der Waals surface area contributed by atoms with Crippen LogP contribution in [-0.2, 0) is 6.42 Å². The fourth-order valence-electron chi connectivity index (χ4n) is 1.73. The average molecular weight is 266 g/mol. The average Bonchev–Trinajstić information content (AvgIpc) is 2.85. The number of rotatable bonds is 4. The van der Waals surface area contributed by atoms with Gasteiger partial charge in [0.05, 0.1) is 5.56 Å². The molecule has 0 atom stereocenters. The molecule has 0 N–H and O–H groups in total. The standard InChI is InChI=1S/C14H12F2OS/c1-9-4-6-11(15)13(14(9)16)12(17)7-5-10-3-2-8-18-10/h2-4,6,8H,5,7H2,1H3. The molecule has 1 aromatic carbocycles. The molecule has 94 valence electrons. The normalized spacial score (nSPS) is 10.6. The van der Waals surface area contributed by atoms with Crippen molar-refractivity contribution in [3.8, 4) is 0 Å². The van der Waals surface area contributed by atoms with Crippen molar-refractivity contribution >= 4 is 17.1 Å². The molecule has 1 nitrogen and oxygen atoms in total. The van der Waals surface area contributed by atoms with Crippen molar-refractivity contribution in [3.63, 3.8) is 0 Å². The quantitative estimate of drug-likeness (QED) is 0.760. The molecule has 0 unspecified atom stereocenters. The predicted molar refractivity (Wildman–Crippen MR) is 68.1 cm³/mol. The van der Waals surface area contributed by atoms with Crippen molar-refractivity contribution in [1.29, 1.82) is 0 Å². The van der Waals surface area contributed by atoms with Gasteiger partial charge in [0.2, 0.25) is 0 Å². The molecule has 1 aromatic heterocycles. The maximum Gasteiger partial charge on any atom is 0.169 e. The molecule has 0 aliphatic carbocycles. The molecule has 0 fully saturated rings. The van der Waals surface area contributed by atoms with Crippen LogP contribution in [0, 0.1) is 18.6 Å². The monoisotopic (exact) mass is 266 g/mol. The summed E-state index contributed by atoms with van der Waals surface area (Å²) in [5.41, 5.74) is -0.123. The Balaban J connectivity index is 2.16. The lowest BCUT2D eigenvalue weighted by atomic mass is 10.0. The molecule has 2 aromatic rings. The summed E-state index contributed by atoms with van der Waals surface area (Å²) in [4.78, 5) is 12.9. The highest BCUT2D eigenvalue weighted by atomic mass is 32.1. The maximum absolute atomic E-state index is 13.7. The molecule has 0 saturated heterocycles. The van der Waals surface area contributed by atoms with Crippen molar-refractivity contribution in [1.82, 2.24) is 0 Å². The number of Topliss-reactive ketones (excluding diaryl/α,β-unsaturated/α-hetero) is 1. The van der Waals surface area contributed by atoms with Crippen LogP contribution in [0.2, 0.25) is 0 Å². The largest absolute Gasteiger partial charge is 0.294 e. The van der Waals surface area contributed by atoms with Gasteiger partial charge in [-0.15, -0.1) is 11.3 Å². The van der Waals surface area contributed by atoms with Gasteiger partial charge in [-0.2, -0.15) is 0 Å². The predicted octanol–water partition coefficient (Wildman–Crippen LogP) is 4.15. The molecule has 0 radical (unpaired) electrons. The van der Waals surface area contributed by atoms with E-state index in [1.165, 1.54) is 24.3 Å². The second-order valence-corrected chi connectivity index (χ2v) is 5.09. The highest BCUT2D eigenvalue weighted by Gasteiger charge is 2.18. The molecule has 0 aliphatic heterocycles. The maximum atomic E-state index is 13.7. The van der Waals surface area contributed by atoms with Gasteiger partial charge in [-0.25, -0.2) is 8.78 Å². The Morgan fingerprint density at radius 1 is 1.28 bits per heavy atom. The summed E-state index contributed by atoms with van der Waals surface area (Å²) in [5, 5.41) is 1.91. The van der Waals surface area contributed by atoms with E-state index in [9.17, 15) is 13.6 Å². The summed E-state index contributed by atoms with van der Waals surface area (Å²) >= 11 is 1.53. The minimum atomic E-state index is -0.783. The molecule has 0 spiro atoms. The number of aryl methyl sites for hydroxylation is 2.